The lowest BCUT2D eigenvalue weighted by atomic mass is 10.0. The van der Waals surface area contributed by atoms with Gasteiger partial charge in [0.2, 0.25) is 0 Å². The number of nitrogens with zero attached hydrogens (tertiary/aromatic N) is 5. The molecule has 3 heterocycles. The average molecular weight is 357 g/mol. The minimum Gasteiger partial charge on any atom is -0.465 e. The lowest BCUT2D eigenvalue weighted by Crippen LogP contribution is -2.49. The van der Waals surface area contributed by atoms with Crippen LogP contribution < -0.4 is 0 Å². The second-order valence-electron chi connectivity index (χ2n) is 6.61. The first-order chi connectivity index (χ1) is 12.6. The minimum atomic E-state index is -0.901. The number of piperidine rings is 1. The van der Waals surface area contributed by atoms with Gasteiger partial charge in [0, 0.05) is 25.2 Å². The van der Waals surface area contributed by atoms with E-state index in [0.717, 1.165) is 12.8 Å². The van der Waals surface area contributed by atoms with Gasteiger partial charge < -0.3 is 19.3 Å². The Balaban J connectivity index is 1.48. The van der Waals surface area contributed by atoms with Crippen LogP contribution in [0.2, 0.25) is 0 Å². The van der Waals surface area contributed by atoms with Gasteiger partial charge in [0.1, 0.15) is 5.69 Å². The molecule has 9 nitrogen and oxygen atoms in total. The van der Waals surface area contributed by atoms with Crippen molar-refractivity contribution in [2.75, 3.05) is 13.1 Å². The Labute approximate surface area is 149 Å². The lowest BCUT2D eigenvalue weighted by Gasteiger charge is -2.37. The molecule has 0 radical (unpaired) electrons. The zero-order valence-electron chi connectivity index (χ0n) is 14.1. The number of amides is 2. The molecular weight excluding hydrogens is 338 g/mol. The Morgan fingerprint density at radius 2 is 1.85 bits per heavy atom. The van der Waals surface area contributed by atoms with Crippen molar-refractivity contribution in [3.63, 3.8) is 0 Å². The van der Waals surface area contributed by atoms with Crippen LogP contribution in [0, 0.1) is 0 Å². The zero-order chi connectivity index (χ0) is 18.1. The number of carbonyl (C=O) groups is 2. The number of likely N-dealkylation sites (tertiary alicyclic amines) is 1. The van der Waals surface area contributed by atoms with Crippen molar-refractivity contribution in [2.45, 2.75) is 37.8 Å². The number of rotatable bonds is 4. The summed E-state index contributed by atoms with van der Waals surface area (Å²) in [6, 6.07) is 3.61. The van der Waals surface area contributed by atoms with Gasteiger partial charge in [-0.2, -0.15) is 0 Å². The van der Waals surface area contributed by atoms with Gasteiger partial charge in [0.05, 0.1) is 6.20 Å². The zero-order valence-corrected chi connectivity index (χ0v) is 14.1. The molecule has 2 aliphatic rings. The molecule has 2 amide bonds. The molecule has 2 aromatic rings. The third-order valence-electron chi connectivity index (χ3n) is 4.87. The maximum atomic E-state index is 13.0. The normalized spacial score (nSPS) is 17.9. The Hall–Kier alpha value is -2.97. The average Bonchev–Trinajstić information content (AvgIpc) is 3.34. The van der Waals surface area contributed by atoms with Crippen LogP contribution in [-0.4, -0.2) is 67.3 Å². The summed E-state index contributed by atoms with van der Waals surface area (Å²) in [7, 11) is 0. The molecule has 1 saturated carbocycles. The van der Waals surface area contributed by atoms with E-state index in [2.05, 4.69) is 15.2 Å². The molecule has 1 aliphatic carbocycles. The van der Waals surface area contributed by atoms with E-state index in [1.54, 1.807) is 12.1 Å². The number of carboxylic acid groups (broad SMARTS) is 1. The summed E-state index contributed by atoms with van der Waals surface area (Å²) in [5, 5.41) is 17.2. The highest BCUT2D eigenvalue weighted by Gasteiger charge is 2.40. The van der Waals surface area contributed by atoms with Gasteiger partial charge in [-0.15, -0.1) is 10.2 Å². The molecule has 1 aliphatic heterocycles. The summed E-state index contributed by atoms with van der Waals surface area (Å²) in [5.41, 5.74) is 0.813. The summed E-state index contributed by atoms with van der Waals surface area (Å²) < 4.78 is 5.18. The van der Waals surface area contributed by atoms with Gasteiger partial charge in [-0.05, 0) is 37.8 Å². The van der Waals surface area contributed by atoms with E-state index in [1.807, 2.05) is 4.90 Å². The molecule has 0 atom stereocenters. The topological polar surface area (TPSA) is 113 Å². The fourth-order valence-electron chi connectivity index (χ4n) is 3.37. The Morgan fingerprint density at radius 1 is 1.12 bits per heavy atom. The quantitative estimate of drug-likeness (QED) is 0.889. The molecule has 2 fully saturated rings. The Morgan fingerprint density at radius 3 is 2.38 bits per heavy atom. The van der Waals surface area contributed by atoms with E-state index < -0.39 is 6.09 Å². The van der Waals surface area contributed by atoms with Crippen LogP contribution in [0.5, 0.6) is 0 Å². The van der Waals surface area contributed by atoms with Crippen LogP contribution in [0.3, 0.4) is 0 Å². The maximum Gasteiger partial charge on any atom is 0.407 e. The molecule has 0 unspecified atom stereocenters. The third-order valence-corrected chi connectivity index (χ3v) is 4.87. The van der Waals surface area contributed by atoms with E-state index in [4.69, 9.17) is 9.52 Å². The molecule has 4 rings (SSSR count). The molecule has 1 N–H and O–H groups in total. The highest BCUT2D eigenvalue weighted by molar-refractivity contribution is 5.93. The summed E-state index contributed by atoms with van der Waals surface area (Å²) in [6.07, 6.45) is 5.22. The van der Waals surface area contributed by atoms with Crippen molar-refractivity contribution in [1.82, 2.24) is 25.0 Å². The second kappa shape index (κ2) is 6.74. The van der Waals surface area contributed by atoms with E-state index >= 15 is 0 Å². The monoisotopic (exact) mass is 357 g/mol. The molecule has 9 heteroatoms. The fourth-order valence-corrected chi connectivity index (χ4v) is 3.37. The minimum absolute atomic E-state index is 0.0429. The van der Waals surface area contributed by atoms with E-state index in [-0.39, 0.29) is 18.0 Å². The molecule has 0 aromatic carbocycles. The van der Waals surface area contributed by atoms with E-state index in [0.29, 0.717) is 43.1 Å². The van der Waals surface area contributed by atoms with Gasteiger partial charge in [0.25, 0.3) is 5.91 Å². The van der Waals surface area contributed by atoms with Gasteiger partial charge in [-0.3, -0.25) is 4.79 Å². The van der Waals surface area contributed by atoms with Crippen molar-refractivity contribution >= 4 is 12.0 Å². The summed E-state index contributed by atoms with van der Waals surface area (Å²) in [5.74, 6) is 0.356. The number of hydrogen-bond donors (Lipinski definition) is 1. The molecule has 0 bridgehead atoms. The predicted octanol–water partition coefficient (Wildman–Crippen LogP) is 1.88. The molecule has 0 spiro atoms. The smallest absolute Gasteiger partial charge is 0.407 e. The second-order valence-corrected chi connectivity index (χ2v) is 6.61. The third kappa shape index (κ3) is 3.24. The van der Waals surface area contributed by atoms with E-state index in [1.165, 1.54) is 17.5 Å². The highest BCUT2D eigenvalue weighted by atomic mass is 16.4. The van der Waals surface area contributed by atoms with Crippen LogP contribution in [0.25, 0.3) is 11.5 Å². The van der Waals surface area contributed by atoms with Gasteiger partial charge in [-0.25, -0.2) is 9.78 Å². The molecule has 26 heavy (non-hydrogen) atoms. The first kappa shape index (κ1) is 16.5. The van der Waals surface area contributed by atoms with Crippen molar-refractivity contribution in [3.8, 4) is 11.5 Å². The van der Waals surface area contributed by atoms with Crippen LogP contribution in [0.1, 0.15) is 36.2 Å². The van der Waals surface area contributed by atoms with Crippen molar-refractivity contribution in [2.24, 2.45) is 0 Å². The van der Waals surface area contributed by atoms with Crippen molar-refractivity contribution in [1.29, 1.82) is 0 Å². The van der Waals surface area contributed by atoms with Crippen LogP contribution in [-0.2, 0) is 0 Å². The summed E-state index contributed by atoms with van der Waals surface area (Å²) >= 11 is 0. The molecule has 136 valence electrons. The number of hydrogen-bond acceptors (Lipinski definition) is 6. The maximum absolute atomic E-state index is 13.0. The van der Waals surface area contributed by atoms with Gasteiger partial charge in [0.15, 0.2) is 17.8 Å². The molecule has 2 aromatic heterocycles. The number of carbonyl (C=O) groups excluding carboxylic acids is 1. The Kier molecular flexibility index (Phi) is 4.27. The van der Waals surface area contributed by atoms with Crippen molar-refractivity contribution in [3.05, 3.63) is 30.4 Å². The SMILES string of the molecule is O=C(O)N1CCC(N(C(=O)c2ccc(-c3cnco3)nn2)C2CC2)CC1. The van der Waals surface area contributed by atoms with Crippen LogP contribution in [0.15, 0.2) is 29.1 Å². The Bertz CT molecular complexity index is 780. The fraction of sp³-hybridized carbons (Fsp3) is 0.471. The first-order valence-corrected chi connectivity index (χ1v) is 8.66. The first-order valence-electron chi connectivity index (χ1n) is 8.66. The summed E-state index contributed by atoms with van der Waals surface area (Å²) in [6.45, 7) is 0.902. The lowest BCUT2D eigenvalue weighted by molar-refractivity contribution is 0.0544. The van der Waals surface area contributed by atoms with Gasteiger partial charge in [-0.1, -0.05) is 0 Å². The summed E-state index contributed by atoms with van der Waals surface area (Å²) in [4.78, 5) is 31.2. The molecule has 1 saturated heterocycles. The van der Waals surface area contributed by atoms with E-state index in [9.17, 15) is 9.59 Å². The largest absolute Gasteiger partial charge is 0.465 e. The van der Waals surface area contributed by atoms with Crippen LogP contribution >= 0.6 is 0 Å². The predicted molar refractivity (Wildman–Crippen MR) is 89.3 cm³/mol. The number of aromatic nitrogens is 3. The number of oxazole rings is 1. The van der Waals surface area contributed by atoms with Gasteiger partial charge >= 0.3 is 6.09 Å². The highest BCUT2D eigenvalue weighted by Crippen LogP contribution is 2.33. The standard InChI is InChI=1S/C17H19N5O4/c23-16(14-4-3-13(19-20-14)15-9-18-10-26-15)22(11-1-2-11)12-5-7-21(8-6-12)17(24)25/h3-4,9-12H,1-2,5-8H2,(H,24,25). The molecular formula is C17H19N5O4. The van der Waals surface area contributed by atoms with Crippen LogP contribution in [0.4, 0.5) is 4.79 Å². The van der Waals surface area contributed by atoms with Crippen molar-refractivity contribution < 1.29 is 19.1 Å².